The number of nitrogens with one attached hydrogen (secondary N) is 2. The lowest BCUT2D eigenvalue weighted by molar-refractivity contribution is 0.0785. The van der Waals surface area contributed by atoms with Crippen LogP contribution in [0.4, 0.5) is 8.78 Å². The van der Waals surface area contributed by atoms with E-state index in [1.54, 1.807) is 49.5 Å². The van der Waals surface area contributed by atoms with Crippen molar-refractivity contribution >= 4 is 16.8 Å². The lowest BCUT2D eigenvalue weighted by atomic mass is 10.0. The van der Waals surface area contributed by atoms with Crippen LogP contribution < -0.4 is 4.74 Å². The average Bonchev–Trinajstić information content (AvgIpc) is 3.42. The molecule has 0 aliphatic carbocycles. The molecule has 160 valence electrons. The summed E-state index contributed by atoms with van der Waals surface area (Å²) in [6.07, 6.45) is 3.34. The molecule has 0 atom stereocenters. The minimum absolute atomic E-state index is 0.0232. The molecule has 1 amide bonds. The first kappa shape index (κ1) is 20.6. The summed E-state index contributed by atoms with van der Waals surface area (Å²) >= 11 is 0. The van der Waals surface area contributed by atoms with Crippen LogP contribution in [0.15, 0.2) is 48.8 Å². The van der Waals surface area contributed by atoms with Crippen LogP contribution in [-0.2, 0) is 13.0 Å². The quantitative estimate of drug-likeness (QED) is 0.461. The first-order valence-corrected chi connectivity index (χ1v) is 9.92. The van der Waals surface area contributed by atoms with E-state index in [4.69, 9.17) is 4.74 Å². The number of carbonyl (C=O) groups is 1. The van der Waals surface area contributed by atoms with E-state index in [-0.39, 0.29) is 30.2 Å². The number of aromatic amines is 2. The number of amides is 1. The maximum atomic E-state index is 14.8. The van der Waals surface area contributed by atoms with E-state index in [2.05, 4.69) is 15.2 Å². The SMILES string of the molecule is CCOc1ccc(F)c(Cc2c[nH]c3c(C(=O)N(C)Cc4ccn[nH]4)cccc23)c1F. The zero-order valence-electron chi connectivity index (χ0n) is 17.2. The van der Waals surface area contributed by atoms with Gasteiger partial charge in [0.15, 0.2) is 11.6 Å². The van der Waals surface area contributed by atoms with Crippen molar-refractivity contribution in [2.75, 3.05) is 13.7 Å². The first-order chi connectivity index (χ1) is 15.0. The van der Waals surface area contributed by atoms with E-state index in [0.717, 1.165) is 11.1 Å². The van der Waals surface area contributed by atoms with Crippen LogP contribution in [0.3, 0.4) is 0 Å². The molecular formula is C23H22F2N4O2. The highest BCUT2D eigenvalue weighted by atomic mass is 19.1. The molecule has 0 unspecified atom stereocenters. The molecule has 0 saturated heterocycles. The summed E-state index contributed by atoms with van der Waals surface area (Å²) in [5, 5.41) is 7.46. The zero-order valence-corrected chi connectivity index (χ0v) is 17.2. The van der Waals surface area contributed by atoms with Gasteiger partial charge < -0.3 is 14.6 Å². The van der Waals surface area contributed by atoms with Gasteiger partial charge in [-0.2, -0.15) is 5.10 Å². The van der Waals surface area contributed by atoms with Gasteiger partial charge in [0.25, 0.3) is 5.91 Å². The fourth-order valence-corrected chi connectivity index (χ4v) is 3.64. The standard InChI is InChI=1S/C23H22F2N4O2/c1-3-31-20-8-7-19(24)18(21(20)25)11-14-12-26-22-16(14)5-4-6-17(22)23(30)29(2)13-15-9-10-27-28-15/h4-10,12,26H,3,11,13H2,1-2H3,(H,27,28). The second kappa shape index (κ2) is 8.59. The normalized spacial score (nSPS) is 11.1. The maximum Gasteiger partial charge on any atom is 0.256 e. The highest BCUT2D eigenvalue weighted by molar-refractivity contribution is 6.06. The molecule has 0 radical (unpaired) electrons. The van der Waals surface area contributed by atoms with Gasteiger partial charge in [-0.15, -0.1) is 0 Å². The number of ether oxygens (including phenoxy) is 1. The molecule has 31 heavy (non-hydrogen) atoms. The fourth-order valence-electron chi connectivity index (χ4n) is 3.64. The topological polar surface area (TPSA) is 74.0 Å². The predicted octanol–water partition coefficient (Wildman–Crippen LogP) is 4.43. The lowest BCUT2D eigenvalue weighted by Gasteiger charge is -2.16. The Morgan fingerprint density at radius 2 is 2.03 bits per heavy atom. The van der Waals surface area contributed by atoms with E-state index in [9.17, 15) is 13.6 Å². The molecule has 0 spiro atoms. The summed E-state index contributed by atoms with van der Waals surface area (Å²) in [4.78, 5) is 17.7. The highest BCUT2D eigenvalue weighted by Gasteiger charge is 2.20. The summed E-state index contributed by atoms with van der Waals surface area (Å²) < 4.78 is 34.4. The third-order valence-corrected chi connectivity index (χ3v) is 5.16. The lowest BCUT2D eigenvalue weighted by Crippen LogP contribution is -2.26. The molecule has 2 N–H and O–H groups in total. The van der Waals surface area contributed by atoms with Gasteiger partial charge >= 0.3 is 0 Å². The number of fused-ring (bicyclic) bond motifs is 1. The van der Waals surface area contributed by atoms with Crippen molar-refractivity contribution in [3.8, 4) is 5.75 Å². The second-order valence-corrected chi connectivity index (χ2v) is 7.23. The Morgan fingerprint density at radius 1 is 1.19 bits per heavy atom. The van der Waals surface area contributed by atoms with E-state index >= 15 is 0 Å². The largest absolute Gasteiger partial charge is 0.491 e. The maximum absolute atomic E-state index is 14.8. The second-order valence-electron chi connectivity index (χ2n) is 7.23. The minimum Gasteiger partial charge on any atom is -0.491 e. The third-order valence-electron chi connectivity index (χ3n) is 5.16. The number of hydrogen-bond donors (Lipinski definition) is 2. The van der Waals surface area contributed by atoms with Gasteiger partial charge in [0, 0.05) is 36.8 Å². The van der Waals surface area contributed by atoms with Crippen LogP contribution in [0.25, 0.3) is 10.9 Å². The summed E-state index contributed by atoms with van der Waals surface area (Å²) in [6, 6.07) is 9.62. The van der Waals surface area contributed by atoms with Crippen molar-refractivity contribution in [2.24, 2.45) is 0 Å². The van der Waals surface area contributed by atoms with Crippen LogP contribution in [0.1, 0.15) is 34.1 Å². The van der Waals surface area contributed by atoms with Gasteiger partial charge in [0.05, 0.1) is 29.9 Å². The van der Waals surface area contributed by atoms with Crippen molar-refractivity contribution in [3.05, 3.63) is 82.8 Å². The molecule has 8 heteroatoms. The molecule has 2 aromatic heterocycles. The van der Waals surface area contributed by atoms with Crippen molar-refractivity contribution in [1.29, 1.82) is 0 Å². The summed E-state index contributed by atoms with van der Waals surface area (Å²) in [7, 11) is 1.70. The van der Waals surface area contributed by atoms with Crippen LogP contribution >= 0.6 is 0 Å². The molecule has 4 aromatic rings. The number of benzene rings is 2. The summed E-state index contributed by atoms with van der Waals surface area (Å²) in [6.45, 7) is 2.40. The Bertz CT molecular complexity index is 1220. The van der Waals surface area contributed by atoms with Gasteiger partial charge in [0.2, 0.25) is 0 Å². The molecule has 4 rings (SSSR count). The summed E-state index contributed by atoms with van der Waals surface area (Å²) in [5.74, 6) is -1.50. The number of para-hydroxylation sites is 1. The smallest absolute Gasteiger partial charge is 0.256 e. The van der Waals surface area contributed by atoms with Gasteiger partial charge in [-0.25, -0.2) is 8.78 Å². The molecule has 6 nitrogen and oxygen atoms in total. The van der Waals surface area contributed by atoms with Crippen LogP contribution in [0.5, 0.6) is 5.75 Å². The van der Waals surface area contributed by atoms with Crippen LogP contribution in [0, 0.1) is 11.6 Å². The number of carbonyl (C=O) groups excluding carboxylic acids is 1. The molecule has 0 aliphatic rings. The molecule has 0 saturated carbocycles. The Labute approximate surface area is 177 Å². The number of H-pyrrole nitrogens is 2. The molecule has 0 aliphatic heterocycles. The monoisotopic (exact) mass is 424 g/mol. The van der Waals surface area contributed by atoms with Crippen molar-refractivity contribution in [3.63, 3.8) is 0 Å². The Hall–Kier alpha value is -3.68. The Kier molecular flexibility index (Phi) is 5.70. The van der Waals surface area contributed by atoms with E-state index in [1.807, 2.05) is 6.07 Å². The van der Waals surface area contributed by atoms with Gasteiger partial charge in [-0.3, -0.25) is 9.89 Å². The van der Waals surface area contributed by atoms with E-state index in [1.165, 1.54) is 12.1 Å². The Morgan fingerprint density at radius 3 is 2.77 bits per heavy atom. The molecule has 0 fully saturated rings. The minimum atomic E-state index is -0.706. The van der Waals surface area contributed by atoms with Crippen molar-refractivity contribution < 1.29 is 18.3 Å². The molecule has 2 aromatic carbocycles. The van der Waals surface area contributed by atoms with Crippen LogP contribution in [-0.4, -0.2) is 39.6 Å². The van der Waals surface area contributed by atoms with Crippen molar-refractivity contribution in [1.82, 2.24) is 20.1 Å². The molecule has 0 bridgehead atoms. The molecule has 2 heterocycles. The van der Waals surface area contributed by atoms with Crippen LogP contribution in [0.2, 0.25) is 0 Å². The third kappa shape index (κ3) is 4.01. The van der Waals surface area contributed by atoms with Gasteiger partial charge in [-0.05, 0) is 36.8 Å². The zero-order chi connectivity index (χ0) is 22.0. The summed E-state index contributed by atoms with van der Waals surface area (Å²) in [5.41, 5.74) is 2.54. The van der Waals surface area contributed by atoms with E-state index in [0.29, 0.717) is 23.2 Å². The molecular weight excluding hydrogens is 402 g/mol. The number of nitrogens with zero attached hydrogens (tertiary/aromatic N) is 2. The predicted molar refractivity (Wildman–Crippen MR) is 113 cm³/mol. The Balaban J connectivity index is 1.65. The van der Waals surface area contributed by atoms with E-state index < -0.39 is 11.6 Å². The van der Waals surface area contributed by atoms with Gasteiger partial charge in [-0.1, -0.05) is 12.1 Å². The fraction of sp³-hybridized carbons (Fsp3) is 0.217. The number of hydrogen-bond acceptors (Lipinski definition) is 3. The number of halogens is 2. The van der Waals surface area contributed by atoms with Gasteiger partial charge in [0.1, 0.15) is 5.82 Å². The number of rotatable bonds is 7. The highest BCUT2D eigenvalue weighted by Crippen LogP contribution is 2.29. The average molecular weight is 424 g/mol. The first-order valence-electron chi connectivity index (χ1n) is 9.92. The van der Waals surface area contributed by atoms with Crippen molar-refractivity contribution in [2.45, 2.75) is 19.9 Å². The number of aromatic nitrogens is 3.